The van der Waals surface area contributed by atoms with E-state index in [0.717, 1.165) is 17.0 Å². The Morgan fingerprint density at radius 1 is 1.10 bits per heavy atom. The molecule has 2 saturated heterocycles. The van der Waals surface area contributed by atoms with E-state index in [0.29, 0.717) is 29.1 Å². The molecule has 31 heavy (non-hydrogen) atoms. The number of nitrogens with one attached hydrogen (secondary N) is 1. The first-order valence-corrected chi connectivity index (χ1v) is 10.5. The quantitative estimate of drug-likeness (QED) is 0.544. The lowest BCUT2D eigenvalue weighted by molar-refractivity contribution is -0.130. The first kappa shape index (κ1) is 21.3. The van der Waals surface area contributed by atoms with E-state index in [1.807, 2.05) is 0 Å². The van der Waals surface area contributed by atoms with Crippen LogP contribution in [0.3, 0.4) is 0 Å². The molecule has 1 unspecified atom stereocenters. The number of hydrogen-bond acceptors (Lipinski definition) is 4. The number of amides is 4. The van der Waals surface area contributed by atoms with Gasteiger partial charge in [-0.3, -0.25) is 19.3 Å². The van der Waals surface area contributed by atoms with Crippen LogP contribution >= 0.6 is 23.2 Å². The molecule has 4 amide bonds. The average molecular weight is 460 g/mol. The predicted octanol–water partition coefficient (Wildman–Crippen LogP) is 3.77. The molecule has 1 N–H and O–H groups in total. The van der Waals surface area contributed by atoms with Gasteiger partial charge >= 0.3 is 6.03 Å². The maximum absolute atomic E-state index is 13.1. The lowest BCUT2D eigenvalue weighted by Crippen LogP contribution is -2.41. The second-order valence-corrected chi connectivity index (χ2v) is 8.53. The molecular weight excluding hydrogens is 441 g/mol. The van der Waals surface area contributed by atoms with E-state index in [1.165, 1.54) is 13.0 Å². The summed E-state index contributed by atoms with van der Waals surface area (Å²) in [7, 11) is 0. The summed E-state index contributed by atoms with van der Waals surface area (Å²) in [4.78, 5) is 52.7. The number of anilines is 1. The van der Waals surface area contributed by atoms with Gasteiger partial charge < -0.3 is 10.2 Å². The summed E-state index contributed by atoms with van der Waals surface area (Å²) in [6.45, 7) is 1.78. The number of urea groups is 1. The molecule has 2 heterocycles. The summed E-state index contributed by atoms with van der Waals surface area (Å²) in [5.74, 6) is -0.915. The van der Waals surface area contributed by atoms with Gasteiger partial charge in [-0.05, 0) is 49.7 Å². The Labute approximate surface area is 188 Å². The zero-order valence-corrected chi connectivity index (χ0v) is 18.2. The molecule has 0 aliphatic carbocycles. The van der Waals surface area contributed by atoms with Gasteiger partial charge in [0.2, 0.25) is 5.91 Å². The summed E-state index contributed by atoms with van der Waals surface area (Å²) in [6.07, 6.45) is 1.32. The van der Waals surface area contributed by atoms with Crippen LogP contribution in [0.25, 0.3) is 0 Å². The van der Waals surface area contributed by atoms with Crippen LogP contribution in [0.2, 0.25) is 10.0 Å². The predicted molar refractivity (Wildman–Crippen MR) is 116 cm³/mol. The molecular formula is C22H19Cl2N3O4. The van der Waals surface area contributed by atoms with Crippen molar-refractivity contribution in [2.75, 3.05) is 18.0 Å². The molecule has 7 nitrogen and oxygen atoms in total. The molecule has 2 aliphatic heterocycles. The van der Waals surface area contributed by atoms with Crippen LogP contribution < -0.4 is 10.2 Å². The van der Waals surface area contributed by atoms with Gasteiger partial charge in [0.05, 0.1) is 6.54 Å². The number of imide groups is 1. The summed E-state index contributed by atoms with van der Waals surface area (Å²) < 4.78 is 0. The van der Waals surface area contributed by atoms with Crippen molar-refractivity contribution in [3.8, 4) is 0 Å². The molecule has 9 heteroatoms. The van der Waals surface area contributed by atoms with Crippen molar-refractivity contribution in [1.29, 1.82) is 0 Å². The van der Waals surface area contributed by atoms with Gasteiger partial charge in [0.15, 0.2) is 5.78 Å². The molecule has 0 aromatic heterocycles. The second-order valence-electron chi connectivity index (χ2n) is 7.69. The van der Waals surface area contributed by atoms with Gasteiger partial charge in [0.1, 0.15) is 5.54 Å². The minimum atomic E-state index is -1.40. The Morgan fingerprint density at radius 3 is 2.42 bits per heavy atom. The standard InChI is InChI=1S/C22H19Cl2N3O4/c1-22(16-9-6-14(23)11-17(16)24)20(30)27(21(31)25-22)12-18(28)13-4-7-15(8-5-13)26-10-2-3-19(26)29/h4-9,11H,2-3,10,12H2,1H3,(H,25,31). The van der Waals surface area contributed by atoms with Crippen molar-refractivity contribution in [1.82, 2.24) is 10.2 Å². The highest BCUT2D eigenvalue weighted by molar-refractivity contribution is 6.35. The molecule has 1 atom stereocenters. The maximum Gasteiger partial charge on any atom is 0.325 e. The normalized spacial score (nSPS) is 21.1. The maximum atomic E-state index is 13.1. The van der Waals surface area contributed by atoms with Crippen molar-refractivity contribution in [2.45, 2.75) is 25.3 Å². The first-order valence-electron chi connectivity index (χ1n) is 9.74. The van der Waals surface area contributed by atoms with Gasteiger partial charge in [0, 0.05) is 39.8 Å². The molecule has 0 spiro atoms. The fourth-order valence-electron chi connectivity index (χ4n) is 3.90. The van der Waals surface area contributed by atoms with Crippen LogP contribution in [-0.4, -0.2) is 41.6 Å². The zero-order valence-electron chi connectivity index (χ0n) is 16.7. The number of Topliss-reactive ketones (excluding diaryl/α,β-unsaturated/α-hetero) is 1. The lowest BCUT2D eigenvalue weighted by Gasteiger charge is -2.23. The minimum Gasteiger partial charge on any atom is -0.319 e. The number of carbonyl (C=O) groups excluding carboxylic acids is 4. The molecule has 4 rings (SSSR count). The highest BCUT2D eigenvalue weighted by Gasteiger charge is 2.50. The Kier molecular flexibility index (Phi) is 5.49. The van der Waals surface area contributed by atoms with Gasteiger partial charge in [-0.25, -0.2) is 4.79 Å². The van der Waals surface area contributed by atoms with Gasteiger partial charge in [-0.1, -0.05) is 29.3 Å². The molecule has 0 bridgehead atoms. The highest BCUT2D eigenvalue weighted by Crippen LogP contribution is 2.35. The molecule has 2 aromatic rings. The van der Waals surface area contributed by atoms with E-state index in [-0.39, 0.29) is 10.9 Å². The largest absolute Gasteiger partial charge is 0.325 e. The van der Waals surface area contributed by atoms with Crippen LogP contribution in [-0.2, 0) is 15.1 Å². The summed E-state index contributed by atoms with van der Waals surface area (Å²) in [6, 6.07) is 10.5. The third-order valence-electron chi connectivity index (χ3n) is 5.62. The third kappa shape index (κ3) is 3.79. The molecule has 0 saturated carbocycles. The van der Waals surface area contributed by atoms with E-state index < -0.39 is 29.8 Å². The van der Waals surface area contributed by atoms with Crippen molar-refractivity contribution in [3.63, 3.8) is 0 Å². The number of halogens is 2. The summed E-state index contributed by atoms with van der Waals surface area (Å²) >= 11 is 12.2. The number of carbonyl (C=O) groups is 4. The van der Waals surface area contributed by atoms with Gasteiger partial charge in [-0.2, -0.15) is 0 Å². The fraction of sp³-hybridized carbons (Fsp3) is 0.273. The monoisotopic (exact) mass is 459 g/mol. The number of benzene rings is 2. The number of hydrogen-bond donors (Lipinski definition) is 1. The topological polar surface area (TPSA) is 86.8 Å². The summed E-state index contributed by atoms with van der Waals surface area (Å²) in [5.41, 5.74) is 0.0542. The fourth-order valence-corrected chi connectivity index (χ4v) is 4.50. The van der Waals surface area contributed by atoms with Crippen LogP contribution in [0.5, 0.6) is 0 Å². The van der Waals surface area contributed by atoms with E-state index in [2.05, 4.69) is 5.32 Å². The van der Waals surface area contributed by atoms with E-state index in [4.69, 9.17) is 23.2 Å². The Bertz CT molecular complexity index is 1100. The Balaban J connectivity index is 1.51. The SMILES string of the molecule is CC1(c2ccc(Cl)cc2Cl)NC(=O)N(CC(=O)c2ccc(N3CCCC3=O)cc2)C1=O. The van der Waals surface area contributed by atoms with Crippen molar-refractivity contribution >= 4 is 52.5 Å². The van der Waals surface area contributed by atoms with Crippen molar-refractivity contribution in [3.05, 3.63) is 63.6 Å². The highest BCUT2D eigenvalue weighted by atomic mass is 35.5. The third-order valence-corrected chi connectivity index (χ3v) is 6.17. The molecule has 0 radical (unpaired) electrons. The molecule has 2 aliphatic rings. The summed E-state index contributed by atoms with van der Waals surface area (Å²) in [5, 5.41) is 3.27. The minimum absolute atomic E-state index is 0.0542. The number of nitrogens with zero attached hydrogens (tertiary/aromatic N) is 2. The van der Waals surface area contributed by atoms with Crippen molar-refractivity contribution < 1.29 is 19.2 Å². The molecule has 2 aromatic carbocycles. The average Bonchev–Trinajstić information content (AvgIpc) is 3.24. The van der Waals surface area contributed by atoms with Gasteiger partial charge in [-0.15, -0.1) is 0 Å². The van der Waals surface area contributed by atoms with Crippen LogP contribution in [0.1, 0.15) is 35.7 Å². The Hall–Kier alpha value is -2.90. The molecule has 2 fully saturated rings. The van der Waals surface area contributed by atoms with E-state index in [1.54, 1.807) is 41.3 Å². The number of rotatable bonds is 5. The number of ketones is 1. The van der Waals surface area contributed by atoms with E-state index >= 15 is 0 Å². The van der Waals surface area contributed by atoms with Crippen LogP contribution in [0.4, 0.5) is 10.5 Å². The molecule has 160 valence electrons. The first-order chi connectivity index (χ1) is 14.7. The smallest absolute Gasteiger partial charge is 0.319 e. The van der Waals surface area contributed by atoms with Crippen LogP contribution in [0, 0.1) is 0 Å². The van der Waals surface area contributed by atoms with E-state index in [9.17, 15) is 19.2 Å². The zero-order chi connectivity index (χ0) is 22.3. The Morgan fingerprint density at radius 2 is 1.81 bits per heavy atom. The lowest BCUT2D eigenvalue weighted by atomic mass is 9.92. The van der Waals surface area contributed by atoms with Crippen LogP contribution in [0.15, 0.2) is 42.5 Å². The van der Waals surface area contributed by atoms with Gasteiger partial charge in [0.25, 0.3) is 5.91 Å². The van der Waals surface area contributed by atoms with Crippen molar-refractivity contribution in [2.24, 2.45) is 0 Å². The second kappa shape index (κ2) is 7.98.